The molecular weight excluding hydrogens is 392 g/mol. The third-order valence-corrected chi connectivity index (χ3v) is 7.35. The van der Waals surface area contributed by atoms with E-state index in [4.69, 9.17) is 4.74 Å². The Morgan fingerprint density at radius 3 is 3.00 bits per heavy atom. The van der Waals surface area contributed by atoms with Crippen LogP contribution in [0.15, 0.2) is 24.3 Å². The van der Waals surface area contributed by atoms with Crippen molar-refractivity contribution in [3.63, 3.8) is 0 Å². The summed E-state index contributed by atoms with van der Waals surface area (Å²) in [5.41, 5.74) is 4.29. The average Bonchev–Trinajstić information content (AvgIpc) is 3.04. The van der Waals surface area contributed by atoms with E-state index in [2.05, 4.69) is 10.4 Å². The molecule has 0 saturated carbocycles. The Labute approximate surface area is 170 Å². The number of hydrogen-bond donors (Lipinski definition) is 1. The van der Waals surface area contributed by atoms with Gasteiger partial charge in [0, 0.05) is 49.8 Å². The molecule has 8 nitrogen and oxygen atoms in total. The van der Waals surface area contributed by atoms with Crippen molar-refractivity contribution in [2.24, 2.45) is 7.05 Å². The lowest BCUT2D eigenvalue weighted by atomic mass is 10.1. The minimum Gasteiger partial charge on any atom is -0.376 e. The average molecular weight is 419 g/mol. The molecular formula is C20H26N4O4S. The fraction of sp³-hybridized carbons (Fsp3) is 0.500. The molecule has 4 rings (SSSR count). The van der Waals surface area contributed by atoms with Crippen molar-refractivity contribution in [2.45, 2.75) is 32.3 Å². The van der Waals surface area contributed by atoms with Gasteiger partial charge in [0.25, 0.3) is 5.91 Å². The molecule has 0 bridgehead atoms. The summed E-state index contributed by atoms with van der Waals surface area (Å²) in [5, 5.41) is 7.48. The zero-order valence-corrected chi connectivity index (χ0v) is 17.4. The standard InChI is InChI=1S/C20H26N4O4S/c1-23-19-8-11-28-14-17(19)18(22-23)7-9-21-20(25)15-5-4-6-16(13-15)24-10-2-3-12-29(24,26)27/h4-6,13H,2-3,7-12,14H2,1H3,(H,21,25). The van der Waals surface area contributed by atoms with Crippen LogP contribution in [0.3, 0.4) is 0 Å². The molecule has 3 heterocycles. The number of hydrogen-bond acceptors (Lipinski definition) is 5. The monoisotopic (exact) mass is 418 g/mol. The number of nitrogens with one attached hydrogen (secondary N) is 1. The van der Waals surface area contributed by atoms with Crippen molar-refractivity contribution in [3.8, 4) is 0 Å². The smallest absolute Gasteiger partial charge is 0.251 e. The van der Waals surface area contributed by atoms with Gasteiger partial charge in [-0.2, -0.15) is 5.10 Å². The van der Waals surface area contributed by atoms with Gasteiger partial charge in [0.05, 0.1) is 30.3 Å². The highest BCUT2D eigenvalue weighted by Crippen LogP contribution is 2.24. The van der Waals surface area contributed by atoms with Gasteiger partial charge in [0.2, 0.25) is 10.0 Å². The van der Waals surface area contributed by atoms with Crippen LogP contribution in [0, 0.1) is 0 Å². The second-order valence-corrected chi connectivity index (χ2v) is 9.46. The van der Waals surface area contributed by atoms with Crippen LogP contribution in [-0.2, 0) is 41.3 Å². The van der Waals surface area contributed by atoms with Crippen LogP contribution in [0.2, 0.25) is 0 Å². The van der Waals surface area contributed by atoms with Crippen LogP contribution in [0.25, 0.3) is 0 Å². The molecule has 9 heteroatoms. The molecule has 1 amide bonds. The fourth-order valence-corrected chi connectivity index (χ4v) is 5.60. The molecule has 1 saturated heterocycles. The van der Waals surface area contributed by atoms with Gasteiger partial charge in [-0.25, -0.2) is 8.42 Å². The van der Waals surface area contributed by atoms with E-state index in [1.165, 1.54) is 10.00 Å². The SMILES string of the molecule is Cn1nc(CCNC(=O)c2cccc(N3CCCCS3(=O)=O)c2)c2c1CCOC2. The molecule has 1 fully saturated rings. The lowest BCUT2D eigenvalue weighted by molar-refractivity contribution is 0.0954. The minimum absolute atomic E-state index is 0.154. The molecule has 1 aromatic heterocycles. The van der Waals surface area contributed by atoms with Crippen LogP contribution in [0.1, 0.15) is 40.2 Å². The first kappa shape index (κ1) is 19.9. The van der Waals surface area contributed by atoms with Crippen LogP contribution in [-0.4, -0.2) is 49.6 Å². The van der Waals surface area contributed by atoms with Crippen molar-refractivity contribution < 1.29 is 17.9 Å². The molecule has 0 aliphatic carbocycles. The normalized spacial score (nSPS) is 18.3. The summed E-state index contributed by atoms with van der Waals surface area (Å²) in [4.78, 5) is 12.6. The number of anilines is 1. The number of fused-ring (bicyclic) bond motifs is 1. The highest BCUT2D eigenvalue weighted by atomic mass is 32.2. The summed E-state index contributed by atoms with van der Waals surface area (Å²) in [5.74, 6) is -0.0658. The minimum atomic E-state index is -3.30. The summed E-state index contributed by atoms with van der Waals surface area (Å²) >= 11 is 0. The number of rotatable bonds is 5. The molecule has 1 aromatic carbocycles. The second kappa shape index (κ2) is 8.16. The summed E-state index contributed by atoms with van der Waals surface area (Å²) in [6, 6.07) is 6.81. The molecule has 29 heavy (non-hydrogen) atoms. The van der Waals surface area contributed by atoms with Crippen LogP contribution in [0.4, 0.5) is 5.69 Å². The van der Waals surface area contributed by atoms with Crippen LogP contribution >= 0.6 is 0 Å². The maximum absolute atomic E-state index is 12.6. The maximum Gasteiger partial charge on any atom is 0.251 e. The van der Waals surface area contributed by atoms with E-state index in [0.717, 1.165) is 24.1 Å². The van der Waals surface area contributed by atoms with Crippen molar-refractivity contribution in [1.82, 2.24) is 15.1 Å². The van der Waals surface area contributed by atoms with Gasteiger partial charge in [-0.05, 0) is 31.0 Å². The third-order valence-electron chi connectivity index (χ3n) is 5.48. The predicted molar refractivity (Wildman–Crippen MR) is 109 cm³/mol. The first-order valence-electron chi connectivity index (χ1n) is 9.96. The number of nitrogens with zero attached hydrogens (tertiary/aromatic N) is 3. The van der Waals surface area contributed by atoms with Crippen LogP contribution < -0.4 is 9.62 Å². The van der Waals surface area contributed by atoms with E-state index in [-0.39, 0.29) is 11.7 Å². The van der Waals surface area contributed by atoms with Gasteiger partial charge in [0.15, 0.2) is 0 Å². The molecule has 0 unspecified atom stereocenters. The zero-order valence-electron chi connectivity index (χ0n) is 16.6. The Hall–Kier alpha value is -2.39. The molecule has 0 radical (unpaired) electrons. The van der Waals surface area contributed by atoms with E-state index >= 15 is 0 Å². The van der Waals surface area contributed by atoms with Gasteiger partial charge in [-0.1, -0.05) is 6.07 Å². The van der Waals surface area contributed by atoms with Gasteiger partial charge >= 0.3 is 0 Å². The lowest BCUT2D eigenvalue weighted by Crippen LogP contribution is -2.38. The van der Waals surface area contributed by atoms with Gasteiger partial charge < -0.3 is 10.1 Å². The predicted octanol–water partition coefficient (Wildman–Crippen LogP) is 1.40. The van der Waals surface area contributed by atoms with E-state index in [0.29, 0.717) is 50.4 Å². The Balaban J connectivity index is 1.41. The molecule has 0 spiro atoms. The maximum atomic E-state index is 12.6. The third kappa shape index (κ3) is 4.16. The number of carbonyl (C=O) groups is 1. The molecule has 2 aromatic rings. The number of aromatic nitrogens is 2. The number of sulfonamides is 1. The lowest BCUT2D eigenvalue weighted by Gasteiger charge is -2.28. The zero-order chi connectivity index (χ0) is 20.4. The highest BCUT2D eigenvalue weighted by Gasteiger charge is 2.26. The van der Waals surface area contributed by atoms with Crippen LogP contribution in [0.5, 0.6) is 0 Å². The second-order valence-electron chi connectivity index (χ2n) is 7.45. The fourth-order valence-electron chi connectivity index (χ4n) is 3.96. The highest BCUT2D eigenvalue weighted by molar-refractivity contribution is 7.92. The summed E-state index contributed by atoms with van der Waals surface area (Å²) in [6.07, 6.45) is 2.99. The molecule has 2 aliphatic heterocycles. The Bertz CT molecular complexity index is 1020. The van der Waals surface area contributed by atoms with E-state index < -0.39 is 10.0 Å². The van der Waals surface area contributed by atoms with Crippen molar-refractivity contribution >= 4 is 21.6 Å². The van der Waals surface area contributed by atoms with Crippen molar-refractivity contribution in [2.75, 3.05) is 29.8 Å². The van der Waals surface area contributed by atoms with E-state index in [1.807, 2.05) is 11.7 Å². The number of carbonyl (C=O) groups excluding carboxylic acids is 1. The first-order chi connectivity index (χ1) is 14.0. The van der Waals surface area contributed by atoms with Gasteiger partial charge in [-0.3, -0.25) is 13.8 Å². The summed E-state index contributed by atoms with van der Waals surface area (Å²) in [6.45, 7) is 2.19. The Morgan fingerprint density at radius 2 is 2.17 bits per heavy atom. The molecule has 0 atom stereocenters. The summed E-state index contributed by atoms with van der Waals surface area (Å²) in [7, 11) is -1.36. The van der Waals surface area contributed by atoms with Gasteiger partial charge in [-0.15, -0.1) is 0 Å². The van der Waals surface area contributed by atoms with E-state index in [9.17, 15) is 13.2 Å². The first-order valence-corrected chi connectivity index (χ1v) is 11.6. The Morgan fingerprint density at radius 1 is 1.31 bits per heavy atom. The largest absolute Gasteiger partial charge is 0.376 e. The quantitative estimate of drug-likeness (QED) is 0.792. The Kier molecular flexibility index (Phi) is 5.60. The van der Waals surface area contributed by atoms with Crippen molar-refractivity contribution in [3.05, 3.63) is 46.8 Å². The van der Waals surface area contributed by atoms with Crippen molar-refractivity contribution in [1.29, 1.82) is 0 Å². The topological polar surface area (TPSA) is 93.5 Å². The summed E-state index contributed by atoms with van der Waals surface area (Å²) < 4.78 is 33.5. The van der Waals surface area contributed by atoms with Gasteiger partial charge in [0.1, 0.15) is 0 Å². The molecule has 2 aliphatic rings. The molecule has 156 valence electrons. The number of ether oxygens (including phenoxy) is 1. The number of benzene rings is 1. The molecule has 1 N–H and O–H groups in total. The van der Waals surface area contributed by atoms with E-state index in [1.54, 1.807) is 24.3 Å². The number of amides is 1. The number of aryl methyl sites for hydroxylation is 1.